The number of nitrogens with zero attached hydrogens (tertiary/aromatic N) is 4. The van der Waals surface area contributed by atoms with Crippen LogP contribution in [0.15, 0.2) is 12.3 Å². The van der Waals surface area contributed by atoms with Crippen molar-refractivity contribution in [3.63, 3.8) is 0 Å². The molecule has 8 nitrogen and oxygen atoms in total. The highest BCUT2D eigenvalue weighted by molar-refractivity contribution is 5.94. The number of nitriles is 1. The maximum atomic E-state index is 12.5. The van der Waals surface area contributed by atoms with Crippen molar-refractivity contribution < 1.29 is 9.72 Å². The molecule has 106 valence electrons. The largest absolute Gasteiger partial charge is 0.337 e. The molecule has 1 saturated heterocycles. The van der Waals surface area contributed by atoms with Gasteiger partial charge in [0.1, 0.15) is 11.7 Å². The summed E-state index contributed by atoms with van der Waals surface area (Å²) in [5.74, 6) is -0.340. The molecule has 0 spiro atoms. The minimum absolute atomic E-state index is 0.112. The van der Waals surface area contributed by atoms with Crippen LogP contribution in [0.2, 0.25) is 0 Å². The van der Waals surface area contributed by atoms with Crippen molar-refractivity contribution in [3.05, 3.63) is 28.1 Å². The van der Waals surface area contributed by atoms with Crippen LogP contribution in [0.25, 0.3) is 0 Å². The molecule has 8 heteroatoms. The third-order valence-corrected chi connectivity index (χ3v) is 3.31. The summed E-state index contributed by atoms with van der Waals surface area (Å²) in [6.07, 6.45) is 1.34. The van der Waals surface area contributed by atoms with Crippen LogP contribution in [-0.2, 0) is 6.54 Å². The SMILES string of the molecule is CCn1cc([N+](=O)[O-])cc1C(=O)N1CCNCC1C#N. The van der Waals surface area contributed by atoms with Crippen molar-refractivity contribution in [3.8, 4) is 6.07 Å². The lowest BCUT2D eigenvalue weighted by molar-refractivity contribution is -0.384. The van der Waals surface area contributed by atoms with Gasteiger partial charge in [0.15, 0.2) is 0 Å². The van der Waals surface area contributed by atoms with Crippen molar-refractivity contribution in [2.75, 3.05) is 19.6 Å². The third kappa shape index (κ3) is 2.48. The number of amides is 1. The average Bonchev–Trinajstić information content (AvgIpc) is 2.90. The number of carbonyl (C=O) groups excluding carboxylic acids is 1. The molecule has 2 heterocycles. The van der Waals surface area contributed by atoms with Crippen molar-refractivity contribution in [2.24, 2.45) is 0 Å². The molecule has 0 saturated carbocycles. The fourth-order valence-electron chi connectivity index (χ4n) is 2.25. The molecule has 0 aliphatic carbocycles. The van der Waals surface area contributed by atoms with Gasteiger partial charge in [-0.1, -0.05) is 0 Å². The zero-order valence-electron chi connectivity index (χ0n) is 11.1. The summed E-state index contributed by atoms with van der Waals surface area (Å²) in [6, 6.07) is 2.79. The highest BCUT2D eigenvalue weighted by atomic mass is 16.6. The maximum absolute atomic E-state index is 12.5. The standard InChI is InChI=1S/C12H15N5O3/c1-2-15-8-9(17(19)20)5-11(15)12(18)16-4-3-14-7-10(16)6-13/h5,8,10,14H,2-4,7H2,1H3. The van der Waals surface area contributed by atoms with E-state index in [-0.39, 0.29) is 17.3 Å². The molecule has 1 aromatic heterocycles. The summed E-state index contributed by atoms with van der Waals surface area (Å²) in [7, 11) is 0. The number of nitrogens with one attached hydrogen (secondary N) is 1. The van der Waals surface area contributed by atoms with Gasteiger partial charge in [-0.15, -0.1) is 0 Å². The Bertz CT molecular complexity index is 574. The number of piperazine rings is 1. The Morgan fingerprint density at radius 3 is 3.05 bits per heavy atom. The van der Waals surface area contributed by atoms with E-state index < -0.39 is 11.0 Å². The Morgan fingerprint density at radius 1 is 1.70 bits per heavy atom. The normalized spacial score (nSPS) is 18.6. The van der Waals surface area contributed by atoms with Crippen molar-refractivity contribution in [1.82, 2.24) is 14.8 Å². The molecule has 1 unspecified atom stereocenters. The minimum Gasteiger partial charge on any atom is -0.337 e. The van der Waals surface area contributed by atoms with Crippen LogP contribution in [0.3, 0.4) is 0 Å². The van der Waals surface area contributed by atoms with E-state index in [9.17, 15) is 14.9 Å². The summed E-state index contributed by atoms with van der Waals surface area (Å²) >= 11 is 0. The average molecular weight is 277 g/mol. The first-order chi connectivity index (χ1) is 9.58. The molecule has 0 aromatic carbocycles. The molecule has 2 rings (SSSR count). The fraction of sp³-hybridized carbons (Fsp3) is 0.500. The van der Waals surface area contributed by atoms with E-state index >= 15 is 0 Å². The van der Waals surface area contributed by atoms with Crippen molar-refractivity contribution >= 4 is 11.6 Å². The lowest BCUT2D eigenvalue weighted by atomic mass is 10.2. The lowest BCUT2D eigenvalue weighted by Crippen LogP contribution is -2.53. The molecular weight excluding hydrogens is 262 g/mol. The van der Waals surface area contributed by atoms with Gasteiger partial charge in [-0.2, -0.15) is 5.26 Å². The Kier molecular flexibility index (Phi) is 4.00. The van der Waals surface area contributed by atoms with E-state index in [1.54, 1.807) is 6.92 Å². The van der Waals surface area contributed by atoms with Crippen LogP contribution in [-0.4, -0.2) is 46.0 Å². The van der Waals surface area contributed by atoms with Crippen molar-refractivity contribution in [1.29, 1.82) is 5.26 Å². The van der Waals surface area contributed by atoms with E-state index in [0.717, 1.165) is 0 Å². The molecule has 0 bridgehead atoms. The van der Waals surface area contributed by atoms with Crippen LogP contribution < -0.4 is 5.32 Å². The van der Waals surface area contributed by atoms with Gasteiger partial charge in [-0.05, 0) is 6.92 Å². The zero-order chi connectivity index (χ0) is 14.7. The second-order valence-electron chi connectivity index (χ2n) is 4.47. The maximum Gasteiger partial charge on any atom is 0.287 e. The molecule has 0 radical (unpaired) electrons. The van der Waals surface area contributed by atoms with Crippen LogP contribution >= 0.6 is 0 Å². The van der Waals surface area contributed by atoms with Gasteiger partial charge in [0.05, 0.1) is 17.2 Å². The monoisotopic (exact) mass is 277 g/mol. The van der Waals surface area contributed by atoms with Gasteiger partial charge in [0, 0.05) is 32.2 Å². The summed E-state index contributed by atoms with van der Waals surface area (Å²) in [4.78, 5) is 24.2. The van der Waals surface area contributed by atoms with Crippen LogP contribution in [0.5, 0.6) is 0 Å². The Morgan fingerprint density at radius 2 is 2.45 bits per heavy atom. The summed E-state index contributed by atoms with van der Waals surface area (Å²) < 4.78 is 1.54. The van der Waals surface area contributed by atoms with Crippen LogP contribution in [0.1, 0.15) is 17.4 Å². The van der Waals surface area contributed by atoms with E-state index in [1.165, 1.54) is 21.7 Å². The van der Waals surface area contributed by atoms with E-state index in [0.29, 0.717) is 26.2 Å². The lowest BCUT2D eigenvalue weighted by Gasteiger charge is -2.32. The van der Waals surface area contributed by atoms with Gasteiger partial charge in [0.2, 0.25) is 0 Å². The molecule has 1 amide bonds. The molecule has 1 fully saturated rings. The number of hydrogen-bond acceptors (Lipinski definition) is 5. The van der Waals surface area contributed by atoms with E-state index in [4.69, 9.17) is 5.26 Å². The first-order valence-electron chi connectivity index (χ1n) is 6.34. The number of nitro groups is 1. The van der Waals surface area contributed by atoms with Crippen molar-refractivity contribution in [2.45, 2.75) is 19.5 Å². The first kappa shape index (κ1) is 14.0. The summed E-state index contributed by atoms with van der Waals surface area (Å²) in [5, 5.41) is 22.9. The van der Waals surface area contributed by atoms with Crippen LogP contribution in [0, 0.1) is 21.4 Å². The van der Waals surface area contributed by atoms with Gasteiger partial charge >= 0.3 is 0 Å². The highest BCUT2D eigenvalue weighted by Crippen LogP contribution is 2.19. The number of aromatic nitrogens is 1. The Hall–Kier alpha value is -2.40. The number of aryl methyl sites for hydroxylation is 1. The second-order valence-corrected chi connectivity index (χ2v) is 4.47. The highest BCUT2D eigenvalue weighted by Gasteiger charge is 2.30. The summed E-state index contributed by atoms with van der Waals surface area (Å²) in [6.45, 7) is 3.70. The quantitative estimate of drug-likeness (QED) is 0.634. The van der Waals surface area contributed by atoms with Gasteiger partial charge < -0.3 is 14.8 Å². The molecule has 1 atom stereocenters. The Balaban J connectivity index is 2.32. The van der Waals surface area contributed by atoms with Crippen LogP contribution in [0.4, 0.5) is 5.69 Å². The van der Waals surface area contributed by atoms with Gasteiger partial charge in [-0.25, -0.2) is 0 Å². The third-order valence-electron chi connectivity index (χ3n) is 3.31. The predicted molar refractivity (Wildman–Crippen MR) is 70.1 cm³/mol. The first-order valence-corrected chi connectivity index (χ1v) is 6.34. The number of hydrogen-bond donors (Lipinski definition) is 1. The topological polar surface area (TPSA) is 104 Å². The predicted octanol–water partition coefficient (Wildman–Crippen LogP) is 0.354. The molecule has 1 aliphatic rings. The van der Waals surface area contributed by atoms with E-state index in [1.807, 2.05) is 0 Å². The summed E-state index contributed by atoms with van der Waals surface area (Å²) in [5.41, 5.74) is 0.139. The van der Waals surface area contributed by atoms with Gasteiger partial charge in [-0.3, -0.25) is 14.9 Å². The smallest absolute Gasteiger partial charge is 0.287 e. The second kappa shape index (κ2) is 5.71. The van der Waals surface area contributed by atoms with E-state index in [2.05, 4.69) is 11.4 Å². The fourth-order valence-corrected chi connectivity index (χ4v) is 2.25. The molecule has 20 heavy (non-hydrogen) atoms. The number of carbonyl (C=O) groups is 1. The molecule has 1 aliphatic heterocycles. The molecular formula is C12H15N5O3. The molecule has 1 aromatic rings. The minimum atomic E-state index is -0.546. The molecule has 1 N–H and O–H groups in total. The zero-order valence-corrected chi connectivity index (χ0v) is 11.1. The number of rotatable bonds is 3. The Labute approximate surface area is 115 Å². The van der Waals surface area contributed by atoms with Gasteiger partial charge in [0.25, 0.3) is 11.6 Å².